The van der Waals surface area contributed by atoms with E-state index in [9.17, 15) is 0 Å². The minimum absolute atomic E-state index is 0.392. The molecule has 0 radical (unpaired) electrons. The van der Waals surface area contributed by atoms with Gasteiger partial charge in [0.25, 0.3) is 0 Å². The van der Waals surface area contributed by atoms with E-state index in [2.05, 4.69) is 35.9 Å². The van der Waals surface area contributed by atoms with Crippen LogP contribution in [0.2, 0.25) is 10.2 Å². The van der Waals surface area contributed by atoms with Crippen molar-refractivity contribution in [2.75, 3.05) is 0 Å². The summed E-state index contributed by atoms with van der Waals surface area (Å²) in [7, 11) is 0. The molecule has 0 unspecified atom stereocenters. The second kappa shape index (κ2) is 5.28. The summed E-state index contributed by atoms with van der Waals surface area (Å²) < 4.78 is 0. The number of nitrogens with zero attached hydrogens (tertiary/aromatic N) is 2. The van der Waals surface area contributed by atoms with Crippen molar-refractivity contribution in [3.05, 3.63) is 57.2 Å². The van der Waals surface area contributed by atoms with Crippen molar-refractivity contribution in [2.24, 2.45) is 0 Å². The molecule has 106 valence electrons. The fourth-order valence-corrected chi connectivity index (χ4v) is 3.04. The largest absolute Gasteiger partial charge is 0.228 e. The minimum atomic E-state index is 0.392. The highest BCUT2D eigenvalue weighted by atomic mass is 35.5. The maximum Gasteiger partial charge on any atom is 0.161 e. The Bertz CT molecular complexity index is 857. The summed E-state index contributed by atoms with van der Waals surface area (Å²) in [5.41, 5.74) is 5.17. The molecule has 0 fully saturated rings. The molecular formula is C17H14Cl2N2. The van der Waals surface area contributed by atoms with Gasteiger partial charge >= 0.3 is 0 Å². The predicted octanol–water partition coefficient (Wildman–Crippen LogP) is 5.53. The maximum atomic E-state index is 6.34. The van der Waals surface area contributed by atoms with E-state index in [1.165, 1.54) is 5.56 Å². The molecule has 2 nitrogen and oxygen atoms in total. The Morgan fingerprint density at radius 1 is 0.857 bits per heavy atom. The summed E-state index contributed by atoms with van der Waals surface area (Å²) in [6.45, 7) is 6.11. The third-order valence-corrected chi connectivity index (χ3v) is 4.17. The normalized spacial score (nSPS) is 11.1. The van der Waals surface area contributed by atoms with Crippen LogP contribution in [0.4, 0.5) is 0 Å². The maximum absolute atomic E-state index is 6.34. The van der Waals surface area contributed by atoms with Gasteiger partial charge in [0.05, 0.1) is 15.9 Å². The lowest BCUT2D eigenvalue weighted by atomic mass is 10.0. The average Bonchev–Trinajstić information content (AvgIpc) is 2.42. The SMILES string of the molecule is Cc1ccc(-c2nc(Cl)c3c(Cl)ccc(C)c3n2)c(C)c1. The smallest absolute Gasteiger partial charge is 0.161 e. The molecule has 3 rings (SSSR count). The number of hydrogen-bond donors (Lipinski definition) is 0. The van der Waals surface area contributed by atoms with E-state index >= 15 is 0 Å². The molecule has 0 atom stereocenters. The van der Waals surface area contributed by atoms with E-state index in [0.717, 1.165) is 22.2 Å². The zero-order valence-electron chi connectivity index (χ0n) is 12.0. The Labute approximate surface area is 133 Å². The van der Waals surface area contributed by atoms with Gasteiger partial charge in [0.2, 0.25) is 0 Å². The van der Waals surface area contributed by atoms with Gasteiger partial charge in [-0.05, 0) is 38.0 Å². The van der Waals surface area contributed by atoms with Crippen molar-refractivity contribution < 1.29 is 0 Å². The fourth-order valence-electron chi connectivity index (χ4n) is 2.48. The van der Waals surface area contributed by atoms with Crippen LogP contribution < -0.4 is 0 Å². The summed E-state index contributed by atoms with van der Waals surface area (Å²) in [6, 6.07) is 9.96. The molecule has 4 heteroatoms. The first-order valence-electron chi connectivity index (χ1n) is 6.67. The van der Waals surface area contributed by atoms with Gasteiger partial charge in [-0.15, -0.1) is 0 Å². The monoisotopic (exact) mass is 316 g/mol. The molecule has 0 aliphatic heterocycles. The summed E-state index contributed by atoms with van der Waals surface area (Å²) in [5, 5.41) is 1.68. The van der Waals surface area contributed by atoms with Gasteiger partial charge in [0.15, 0.2) is 5.82 Å². The first-order valence-corrected chi connectivity index (χ1v) is 7.43. The van der Waals surface area contributed by atoms with Crippen molar-refractivity contribution >= 4 is 34.1 Å². The predicted molar refractivity (Wildman–Crippen MR) is 89.2 cm³/mol. The lowest BCUT2D eigenvalue weighted by Crippen LogP contribution is -1.96. The molecule has 0 aliphatic rings. The van der Waals surface area contributed by atoms with Crippen LogP contribution in [0.15, 0.2) is 30.3 Å². The van der Waals surface area contributed by atoms with E-state index in [4.69, 9.17) is 23.2 Å². The molecule has 0 N–H and O–H groups in total. The van der Waals surface area contributed by atoms with Crippen molar-refractivity contribution in [1.29, 1.82) is 0 Å². The van der Waals surface area contributed by atoms with Crippen LogP contribution in [-0.2, 0) is 0 Å². The molecule has 3 aromatic rings. The van der Waals surface area contributed by atoms with Crippen LogP contribution in [0.5, 0.6) is 0 Å². The Kier molecular flexibility index (Phi) is 3.60. The van der Waals surface area contributed by atoms with Gasteiger partial charge in [-0.2, -0.15) is 0 Å². The van der Waals surface area contributed by atoms with Gasteiger partial charge in [-0.1, -0.05) is 53.0 Å². The molecule has 21 heavy (non-hydrogen) atoms. The van der Waals surface area contributed by atoms with Crippen molar-refractivity contribution in [3.63, 3.8) is 0 Å². The zero-order valence-corrected chi connectivity index (χ0v) is 13.5. The van der Waals surface area contributed by atoms with Gasteiger partial charge < -0.3 is 0 Å². The number of halogens is 2. The Balaban J connectivity index is 2.33. The van der Waals surface area contributed by atoms with Crippen LogP contribution in [0.1, 0.15) is 16.7 Å². The summed E-state index contributed by atoms with van der Waals surface area (Å²) in [6.07, 6.45) is 0. The van der Waals surface area contributed by atoms with Crippen LogP contribution >= 0.6 is 23.2 Å². The van der Waals surface area contributed by atoms with Crippen LogP contribution in [0.25, 0.3) is 22.3 Å². The van der Waals surface area contributed by atoms with Gasteiger partial charge in [-0.25, -0.2) is 9.97 Å². The van der Waals surface area contributed by atoms with Gasteiger partial charge in [0, 0.05) is 5.56 Å². The van der Waals surface area contributed by atoms with Crippen molar-refractivity contribution in [2.45, 2.75) is 20.8 Å². The molecular weight excluding hydrogens is 303 g/mol. The summed E-state index contributed by atoms with van der Waals surface area (Å²) in [5.74, 6) is 0.635. The molecule has 2 aromatic carbocycles. The highest BCUT2D eigenvalue weighted by Crippen LogP contribution is 2.32. The first-order chi connectivity index (χ1) is 9.97. The average molecular weight is 317 g/mol. The van der Waals surface area contributed by atoms with Crippen molar-refractivity contribution in [3.8, 4) is 11.4 Å². The second-order valence-electron chi connectivity index (χ2n) is 5.24. The van der Waals surface area contributed by atoms with Crippen LogP contribution in [-0.4, -0.2) is 9.97 Å². The Hall–Kier alpha value is -1.64. The number of hydrogen-bond acceptors (Lipinski definition) is 2. The molecule has 1 heterocycles. The lowest BCUT2D eigenvalue weighted by molar-refractivity contribution is 1.20. The standard InChI is InChI=1S/C17H14Cl2N2/c1-9-4-6-12(11(3)8-9)17-20-15-10(2)5-7-13(18)14(15)16(19)21-17/h4-8H,1-3H3. The topological polar surface area (TPSA) is 25.8 Å². The van der Waals surface area contributed by atoms with E-state index < -0.39 is 0 Å². The van der Waals surface area contributed by atoms with Gasteiger partial charge in [-0.3, -0.25) is 0 Å². The molecule has 0 aliphatic carbocycles. The second-order valence-corrected chi connectivity index (χ2v) is 6.01. The van der Waals surface area contributed by atoms with E-state index in [0.29, 0.717) is 21.4 Å². The third kappa shape index (κ3) is 2.50. The fraction of sp³-hybridized carbons (Fsp3) is 0.176. The van der Waals surface area contributed by atoms with E-state index in [1.807, 2.05) is 25.1 Å². The van der Waals surface area contributed by atoms with Crippen LogP contribution in [0.3, 0.4) is 0 Å². The number of benzene rings is 2. The van der Waals surface area contributed by atoms with E-state index in [-0.39, 0.29) is 0 Å². The number of fused-ring (bicyclic) bond motifs is 1. The highest BCUT2D eigenvalue weighted by Gasteiger charge is 2.13. The molecule has 0 bridgehead atoms. The minimum Gasteiger partial charge on any atom is -0.228 e. The van der Waals surface area contributed by atoms with E-state index in [1.54, 1.807) is 0 Å². The number of rotatable bonds is 1. The summed E-state index contributed by atoms with van der Waals surface area (Å²) in [4.78, 5) is 9.11. The summed E-state index contributed by atoms with van der Waals surface area (Å²) >= 11 is 12.6. The Morgan fingerprint density at radius 2 is 1.62 bits per heavy atom. The Morgan fingerprint density at radius 3 is 2.33 bits per heavy atom. The molecule has 0 amide bonds. The van der Waals surface area contributed by atoms with Gasteiger partial charge in [0.1, 0.15) is 5.15 Å². The first kappa shape index (κ1) is 14.3. The van der Waals surface area contributed by atoms with Crippen LogP contribution in [0, 0.1) is 20.8 Å². The number of aryl methyl sites for hydroxylation is 3. The zero-order chi connectivity index (χ0) is 15.1. The molecule has 1 aromatic heterocycles. The third-order valence-electron chi connectivity index (χ3n) is 3.58. The molecule has 0 saturated carbocycles. The molecule has 0 spiro atoms. The molecule has 0 saturated heterocycles. The quantitative estimate of drug-likeness (QED) is 0.552. The highest BCUT2D eigenvalue weighted by molar-refractivity contribution is 6.41. The lowest BCUT2D eigenvalue weighted by Gasteiger charge is -2.10. The van der Waals surface area contributed by atoms with Crippen molar-refractivity contribution in [1.82, 2.24) is 9.97 Å². The number of aromatic nitrogens is 2.